The Hall–Kier alpha value is -4.73. The molecule has 6 rings (SSSR count). The fraction of sp³-hybridized carbons (Fsp3) is 0.324. The first-order valence-corrected chi connectivity index (χ1v) is 16.0. The summed E-state index contributed by atoms with van der Waals surface area (Å²) < 4.78 is 0. The number of hydrogen-bond acceptors (Lipinski definition) is 5. The van der Waals surface area contributed by atoms with Gasteiger partial charge in [0.15, 0.2) is 0 Å². The van der Waals surface area contributed by atoms with Crippen molar-refractivity contribution in [3.63, 3.8) is 0 Å². The van der Waals surface area contributed by atoms with Crippen LogP contribution in [0.5, 0.6) is 0 Å². The van der Waals surface area contributed by atoms with E-state index in [1.807, 2.05) is 53.4 Å². The Labute approximate surface area is 270 Å². The third-order valence-electron chi connectivity index (χ3n) is 8.90. The third kappa shape index (κ3) is 6.76. The summed E-state index contributed by atoms with van der Waals surface area (Å²) in [7, 11) is 0. The predicted molar refractivity (Wildman–Crippen MR) is 182 cm³/mol. The lowest BCUT2D eigenvalue weighted by atomic mass is 9.97. The number of aryl methyl sites for hydroxylation is 1. The van der Waals surface area contributed by atoms with Crippen molar-refractivity contribution in [2.45, 2.75) is 51.4 Å². The summed E-state index contributed by atoms with van der Waals surface area (Å²) >= 11 is 0. The monoisotopic (exact) mass is 618 g/mol. The molecule has 238 valence electrons. The zero-order chi connectivity index (χ0) is 32.3. The van der Waals surface area contributed by atoms with Crippen LogP contribution in [-0.2, 0) is 29.1 Å². The van der Waals surface area contributed by atoms with Gasteiger partial charge >= 0.3 is 6.03 Å². The molecule has 2 aliphatic heterocycles. The van der Waals surface area contributed by atoms with Gasteiger partial charge in [-0.05, 0) is 71.3 Å². The first-order chi connectivity index (χ1) is 22.2. The van der Waals surface area contributed by atoms with E-state index in [2.05, 4.69) is 52.3 Å². The molecule has 4 aromatic rings. The van der Waals surface area contributed by atoms with Gasteiger partial charge in [-0.25, -0.2) is 4.79 Å². The Bertz CT molecular complexity index is 1740. The number of anilines is 1. The van der Waals surface area contributed by atoms with Crippen LogP contribution in [0.1, 0.15) is 37.0 Å². The highest BCUT2D eigenvalue weighted by Crippen LogP contribution is 2.35. The van der Waals surface area contributed by atoms with E-state index in [0.717, 1.165) is 57.4 Å². The molecule has 4 aromatic carbocycles. The molecule has 1 atom stereocenters. The fourth-order valence-corrected chi connectivity index (χ4v) is 6.28. The van der Waals surface area contributed by atoms with E-state index in [-0.39, 0.29) is 17.8 Å². The predicted octanol–water partition coefficient (Wildman–Crippen LogP) is 4.32. The van der Waals surface area contributed by atoms with Gasteiger partial charge in [0.05, 0.1) is 12.1 Å². The minimum Gasteiger partial charge on any atom is -0.343 e. The number of fused-ring (bicyclic) bond motifs is 3. The van der Waals surface area contributed by atoms with Crippen LogP contribution in [0.2, 0.25) is 0 Å². The Kier molecular flexibility index (Phi) is 9.05. The number of amides is 4. The van der Waals surface area contributed by atoms with Crippen LogP contribution in [0.3, 0.4) is 0 Å². The van der Waals surface area contributed by atoms with Gasteiger partial charge in [0.1, 0.15) is 6.04 Å². The number of nitrogens with zero attached hydrogens (tertiary/aromatic N) is 2. The highest BCUT2D eigenvalue weighted by Gasteiger charge is 2.34. The lowest BCUT2D eigenvalue weighted by Gasteiger charge is -2.28. The standard InChI is InChI=1S/C37H42N6O3/c1-37(2,38)35(45)41-32-17-16-31-30-10-6-3-7-26(30)15-18-33(31)43(34(32)44)24-25-11-13-27(14-12-25)29-9-5-4-8-28(29)23-40-36(46)42-21-19-39-20-22-42/h3-15,18,32,39H,16-17,19-24,38H2,1-2H3,(H,40,46)(H,41,45)/t32-/m1/s1. The lowest BCUT2D eigenvalue weighted by Crippen LogP contribution is -2.56. The molecule has 0 aliphatic carbocycles. The van der Waals surface area contributed by atoms with Crippen LogP contribution in [0.25, 0.3) is 21.9 Å². The first kappa shape index (κ1) is 31.3. The van der Waals surface area contributed by atoms with Gasteiger partial charge in [-0.3, -0.25) is 9.59 Å². The van der Waals surface area contributed by atoms with Gasteiger partial charge in [-0.15, -0.1) is 0 Å². The zero-order valence-corrected chi connectivity index (χ0v) is 26.5. The minimum atomic E-state index is -1.10. The van der Waals surface area contributed by atoms with E-state index in [1.54, 1.807) is 18.7 Å². The molecule has 2 aliphatic rings. The zero-order valence-electron chi connectivity index (χ0n) is 26.5. The smallest absolute Gasteiger partial charge is 0.317 e. The molecule has 46 heavy (non-hydrogen) atoms. The van der Waals surface area contributed by atoms with Gasteiger partial charge in [0.25, 0.3) is 0 Å². The molecule has 0 spiro atoms. The summed E-state index contributed by atoms with van der Waals surface area (Å²) in [5.74, 6) is -0.505. The van der Waals surface area contributed by atoms with Crippen LogP contribution >= 0.6 is 0 Å². The largest absolute Gasteiger partial charge is 0.343 e. The van der Waals surface area contributed by atoms with Crippen molar-refractivity contribution in [2.75, 3.05) is 31.1 Å². The van der Waals surface area contributed by atoms with Crippen molar-refractivity contribution in [1.82, 2.24) is 20.9 Å². The summed E-state index contributed by atoms with van der Waals surface area (Å²) in [6, 6.07) is 27.8. The molecule has 9 heteroatoms. The number of benzene rings is 4. The van der Waals surface area contributed by atoms with Crippen molar-refractivity contribution < 1.29 is 14.4 Å². The molecule has 1 fully saturated rings. The third-order valence-corrected chi connectivity index (χ3v) is 8.90. The summed E-state index contributed by atoms with van der Waals surface area (Å²) in [6.45, 7) is 7.09. The van der Waals surface area contributed by atoms with E-state index in [4.69, 9.17) is 5.73 Å². The molecule has 2 heterocycles. The second-order valence-corrected chi connectivity index (χ2v) is 12.7. The van der Waals surface area contributed by atoms with Crippen LogP contribution in [-0.4, -0.2) is 60.5 Å². The average molecular weight is 619 g/mol. The topological polar surface area (TPSA) is 120 Å². The normalized spacial score (nSPS) is 16.9. The number of carbonyl (C=O) groups excluding carboxylic acids is 3. The van der Waals surface area contributed by atoms with Crippen LogP contribution < -0.4 is 26.6 Å². The Morgan fingerprint density at radius 1 is 0.935 bits per heavy atom. The number of hydrogen-bond donors (Lipinski definition) is 4. The number of nitrogens with two attached hydrogens (primary N) is 1. The molecule has 1 saturated heterocycles. The SMILES string of the molecule is CC(C)(N)C(=O)N[C@@H]1CCc2c(ccc3ccccc23)N(Cc2ccc(-c3ccccc3CNC(=O)N3CCNCC3)cc2)C1=O. The molecule has 0 bridgehead atoms. The summed E-state index contributed by atoms with van der Waals surface area (Å²) in [5, 5.41) is 11.5. The van der Waals surface area contributed by atoms with E-state index in [9.17, 15) is 14.4 Å². The van der Waals surface area contributed by atoms with Gasteiger partial charge in [-0.2, -0.15) is 0 Å². The highest BCUT2D eigenvalue weighted by molar-refractivity contribution is 6.04. The van der Waals surface area contributed by atoms with Crippen molar-refractivity contribution >= 4 is 34.3 Å². The number of urea groups is 1. The maximum atomic E-state index is 14.1. The van der Waals surface area contributed by atoms with Crippen molar-refractivity contribution in [3.8, 4) is 11.1 Å². The Morgan fingerprint density at radius 2 is 1.65 bits per heavy atom. The van der Waals surface area contributed by atoms with Crippen molar-refractivity contribution in [3.05, 3.63) is 102 Å². The molecule has 0 unspecified atom stereocenters. The van der Waals surface area contributed by atoms with Crippen LogP contribution in [0, 0.1) is 0 Å². The van der Waals surface area contributed by atoms with Gasteiger partial charge in [0, 0.05) is 38.4 Å². The van der Waals surface area contributed by atoms with Crippen LogP contribution in [0.4, 0.5) is 10.5 Å². The lowest BCUT2D eigenvalue weighted by molar-refractivity contribution is -0.130. The molecule has 0 saturated carbocycles. The Morgan fingerprint density at radius 3 is 2.41 bits per heavy atom. The second-order valence-electron chi connectivity index (χ2n) is 12.7. The number of carbonyl (C=O) groups is 3. The summed E-state index contributed by atoms with van der Waals surface area (Å²) in [4.78, 5) is 43.3. The summed E-state index contributed by atoms with van der Waals surface area (Å²) in [6.07, 6.45) is 1.13. The minimum absolute atomic E-state index is 0.0497. The molecule has 5 N–H and O–H groups in total. The molecule has 4 amide bonds. The van der Waals surface area contributed by atoms with Crippen molar-refractivity contribution in [1.29, 1.82) is 0 Å². The molecule has 0 radical (unpaired) electrons. The quantitative estimate of drug-likeness (QED) is 0.246. The summed E-state index contributed by atoms with van der Waals surface area (Å²) in [5.41, 5.74) is 11.0. The molecule has 0 aromatic heterocycles. The fourth-order valence-electron chi connectivity index (χ4n) is 6.28. The number of nitrogens with one attached hydrogen (secondary N) is 3. The van der Waals surface area contributed by atoms with E-state index in [1.165, 1.54) is 0 Å². The molecule has 9 nitrogen and oxygen atoms in total. The highest BCUT2D eigenvalue weighted by atomic mass is 16.2. The Balaban J connectivity index is 1.25. The molecular formula is C37H42N6O3. The van der Waals surface area contributed by atoms with E-state index < -0.39 is 11.6 Å². The first-order valence-electron chi connectivity index (χ1n) is 16.0. The van der Waals surface area contributed by atoms with Gasteiger partial charge < -0.3 is 31.5 Å². The maximum absolute atomic E-state index is 14.1. The van der Waals surface area contributed by atoms with Crippen molar-refractivity contribution in [2.24, 2.45) is 5.73 Å². The molecular weight excluding hydrogens is 576 g/mol. The number of rotatable bonds is 7. The van der Waals surface area contributed by atoms with Gasteiger partial charge in [0.2, 0.25) is 11.8 Å². The second kappa shape index (κ2) is 13.3. The average Bonchev–Trinajstić information content (AvgIpc) is 3.20. The van der Waals surface area contributed by atoms with Gasteiger partial charge in [-0.1, -0.05) is 78.9 Å². The number of piperazine rings is 1. The van der Waals surface area contributed by atoms with E-state index >= 15 is 0 Å². The maximum Gasteiger partial charge on any atom is 0.317 e. The van der Waals surface area contributed by atoms with E-state index in [0.29, 0.717) is 39.0 Å². The van der Waals surface area contributed by atoms with Crippen LogP contribution in [0.15, 0.2) is 84.9 Å².